The van der Waals surface area contributed by atoms with Crippen molar-refractivity contribution in [3.05, 3.63) is 105 Å². The number of amides is 3. The van der Waals surface area contributed by atoms with Crippen LogP contribution in [0, 0.1) is 0 Å². The van der Waals surface area contributed by atoms with Gasteiger partial charge in [-0.05, 0) is 47.9 Å². The molecule has 0 atom stereocenters. The molecule has 0 saturated carbocycles. The average molecular weight is 536 g/mol. The van der Waals surface area contributed by atoms with Crippen molar-refractivity contribution in [1.82, 2.24) is 10.6 Å². The highest BCUT2D eigenvalue weighted by Gasteiger charge is 2.38. The molecular weight excluding hydrogens is 509 g/mol. The third-order valence-corrected chi connectivity index (χ3v) is 6.60. The number of anilines is 1. The van der Waals surface area contributed by atoms with E-state index in [4.69, 9.17) is 23.2 Å². The van der Waals surface area contributed by atoms with Crippen molar-refractivity contribution in [2.45, 2.75) is 32.9 Å². The van der Waals surface area contributed by atoms with Crippen molar-refractivity contribution in [3.63, 3.8) is 0 Å². The number of hydrogen-bond acceptors (Lipinski definition) is 3. The Hall–Kier alpha value is -3.61. The highest BCUT2D eigenvalue weighted by atomic mass is 35.5. The smallest absolute Gasteiger partial charge is 0.259 e. The first kappa shape index (κ1) is 26.5. The molecule has 0 bridgehead atoms. The topological polar surface area (TPSA) is 78.5 Å². The van der Waals surface area contributed by atoms with E-state index in [9.17, 15) is 14.4 Å². The Morgan fingerprint density at radius 3 is 1.81 bits per heavy atom. The van der Waals surface area contributed by atoms with Gasteiger partial charge in [-0.3, -0.25) is 14.4 Å². The van der Waals surface area contributed by atoms with E-state index >= 15 is 0 Å². The molecule has 2 N–H and O–H groups in total. The largest absolute Gasteiger partial charge is 0.348 e. The zero-order chi connectivity index (χ0) is 26.4. The molecule has 6 nitrogen and oxygen atoms in total. The van der Waals surface area contributed by atoms with E-state index < -0.39 is 11.8 Å². The Balaban J connectivity index is 1.68. The monoisotopic (exact) mass is 535 g/mol. The van der Waals surface area contributed by atoms with Crippen molar-refractivity contribution >= 4 is 52.2 Å². The molecule has 0 aliphatic carbocycles. The molecule has 37 heavy (non-hydrogen) atoms. The van der Waals surface area contributed by atoms with Crippen LogP contribution in [0.1, 0.15) is 36.5 Å². The maximum Gasteiger partial charge on any atom is 0.259 e. The standard InChI is InChI=1S/C29H27Cl2N3O3/c1-2-3-16-34-24-7-5-4-6-23(24)25(29(34)37)26(27(35)32-17-19-8-12-21(30)13-9-19)28(36)33-18-20-10-14-22(31)15-11-20/h4-15H,2-3,16-18H2,1H3,(H,32,35)(H,33,36). The fraction of sp³-hybridized carbons (Fsp3) is 0.207. The third-order valence-electron chi connectivity index (χ3n) is 6.10. The lowest BCUT2D eigenvalue weighted by Crippen LogP contribution is -2.37. The second-order valence-electron chi connectivity index (χ2n) is 8.70. The van der Waals surface area contributed by atoms with Crippen molar-refractivity contribution in [1.29, 1.82) is 0 Å². The zero-order valence-electron chi connectivity index (χ0n) is 20.4. The first-order valence-electron chi connectivity index (χ1n) is 12.1. The van der Waals surface area contributed by atoms with E-state index in [0.29, 0.717) is 27.8 Å². The minimum atomic E-state index is -0.626. The summed E-state index contributed by atoms with van der Waals surface area (Å²) in [6.45, 7) is 2.89. The summed E-state index contributed by atoms with van der Waals surface area (Å²) < 4.78 is 0. The second kappa shape index (κ2) is 12.1. The van der Waals surface area contributed by atoms with Crippen LogP contribution in [0.3, 0.4) is 0 Å². The summed E-state index contributed by atoms with van der Waals surface area (Å²) in [6.07, 6.45) is 1.70. The predicted octanol–water partition coefficient (Wildman–Crippen LogP) is 5.53. The van der Waals surface area contributed by atoms with Crippen molar-refractivity contribution < 1.29 is 14.4 Å². The second-order valence-corrected chi connectivity index (χ2v) is 9.57. The number of benzene rings is 3. The minimum absolute atomic E-state index is 0.105. The molecule has 0 aromatic heterocycles. The lowest BCUT2D eigenvalue weighted by molar-refractivity contribution is -0.124. The van der Waals surface area contributed by atoms with Crippen LogP contribution in [0.2, 0.25) is 10.0 Å². The van der Waals surface area contributed by atoms with Crippen LogP contribution in [0.4, 0.5) is 5.69 Å². The van der Waals surface area contributed by atoms with Gasteiger partial charge < -0.3 is 15.5 Å². The van der Waals surface area contributed by atoms with Gasteiger partial charge in [0.05, 0.1) is 11.3 Å². The van der Waals surface area contributed by atoms with Gasteiger partial charge in [-0.2, -0.15) is 0 Å². The lowest BCUT2D eigenvalue weighted by Gasteiger charge is -2.17. The van der Waals surface area contributed by atoms with Gasteiger partial charge in [0.2, 0.25) is 0 Å². The zero-order valence-corrected chi connectivity index (χ0v) is 21.9. The number of fused-ring (bicyclic) bond motifs is 1. The SMILES string of the molecule is CCCCN1C(=O)C(=C(C(=O)NCc2ccc(Cl)cc2)C(=O)NCc2ccc(Cl)cc2)c2ccccc21. The Labute approximate surface area is 226 Å². The highest BCUT2D eigenvalue weighted by Crippen LogP contribution is 2.38. The maximum absolute atomic E-state index is 13.6. The first-order chi connectivity index (χ1) is 17.9. The van der Waals surface area contributed by atoms with Gasteiger partial charge in [-0.15, -0.1) is 0 Å². The number of unbranched alkanes of at least 4 members (excludes halogenated alkanes) is 1. The van der Waals surface area contributed by atoms with E-state index in [0.717, 1.165) is 24.0 Å². The van der Waals surface area contributed by atoms with Crippen LogP contribution < -0.4 is 15.5 Å². The summed E-state index contributed by atoms with van der Waals surface area (Å²) in [4.78, 5) is 42.3. The number of halogens is 2. The number of nitrogens with one attached hydrogen (secondary N) is 2. The summed E-state index contributed by atoms with van der Waals surface area (Å²) in [5.74, 6) is -1.61. The van der Waals surface area contributed by atoms with Gasteiger partial charge in [-0.1, -0.05) is 79.0 Å². The molecule has 3 aromatic rings. The van der Waals surface area contributed by atoms with Crippen molar-refractivity contribution in [2.24, 2.45) is 0 Å². The van der Waals surface area contributed by atoms with Crippen LogP contribution in [-0.2, 0) is 27.5 Å². The molecule has 4 rings (SSSR count). The number of carbonyl (C=O) groups excluding carboxylic acids is 3. The van der Waals surface area contributed by atoms with Crippen LogP contribution in [0.25, 0.3) is 5.57 Å². The van der Waals surface area contributed by atoms with E-state index in [1.54, 1.807) is 65.6 Å². The summed E-state index contributed by atoms with van der Waals surface area (Å²) in [7, 11) is 0. The van der Waals surface area contributed by atoms with Crippen molar-refractivity contribution in [2.75, 3.05) is 11.4 Å². The Bertz CT molecular complexity index is 1270. The quantitative estimate of drug-likeness (QED) is 0.215. The summed E-state index contributed by atoms with van der Waals surface area (Å²) in [5, 5.41) is 6.77. The minimum Gasteiger partial charge on any atom is -0.348 e. The number of hydrogen-bond donors (Lipinski definition) is 2. The highest BCUT2D eigenvalue weighted by molar-refractivity contribution is 6.41. The number of carbonyl (C=O) groups is 3. The van der Waals surface area contributed by atoms with E-state index in [-0.39, 0.29) is 30.1 Å². The predicted molar refractivity (Wildman–Crippen MR) is 147 cm³/mol. The fourth-order valence-electron chi connectivity index (χ4n) is 4.14. The van der Waals surface area contributed by atoms with Crippen LogP contribution >= 0.6 is 23.2 Å². The number of para-hydroxylation sites is 1. The summed E-state index contributed by atoms with van der Waals surface area (Å²) in [6, 6.07) is 21.3. The normalized spacial score (nSPS) is 12.4. The van der Waals surface area contributed by atoms with Crippen molar-refractivity contribution in [3.8, 4) is 0 Å². The van der Waals surface area contributed by atoms with Gasteiger partial charge in [0.1, 0.15) is 5.57 Å². The van der Waals surface area contributed by atoms with Crippen LogP contribution in [-0.4, -0.2) is 24.3 Å². The van der Waals surface area contributed by atoms with Gasteiger partial charge >= 0.3 is 0 Å². The summed E-state index contributed by atoms with van der Waals surface area (Å²) >= 11 is 11.9. The Morgan fingerprint density at radius 1 is 0.784 bits per heavy atom. The molecular formula is C29H27Cl2N3O3. The molecule has 0 radical (unpaired) electrons. The van der Waals surface area contributed by atoms with Gasteiger partial charge in [0, 0.05) is 35.2 Å². The van der Waals surface area contributed by atoms with E-state index in [2.05, 4.69) is 10.6 Å². The molecule has 3 aromatic carbocycles. The van der Waals surface area contributed by atoms with Gasteiger partial charge in [0.15, 0.2) is 0 Å². The molecule has 8 heteroatoms. The van der Waals surface area contributed by atoms with Crippen LogP contribution in [0.15, 0.2) is 78.4 Å². The molecule has 0 spiro atoms. The first-order valence-corrected chi connectivity index (χ1v) is 12.9. The number of rotatable bonds is 9. The van der Waals surface area contributed by atoms with Gasteiger partial charge in [-0.25, -0.2) is 0 Å². The summed E-state index contributed by atoms with van der Waals surface area (Å²) in [5.41, 5.74) is 2.79. The maximum atomic E-state index is 13.6. The molecule has 0 fully saturated rings. The van der Waals surface area contributed by atoms with E-state index in [1.165, 1.54) is 0 Å². The number of nitrogens with zero attached hydrogens (tertiary/aromatic N) is 1. The molecule has 1 aliphatic rings. The van der Waals surface area contributed by atoms with Gasteiger partial charge in [0.25, 0.3) is 17.7 Å². The Kier molecular flexibility index (Phi) is 8.64. The van der Waals surface area contributed by atoms with Crippen LogP contribution in [0.5, 0.6) is 0 Å². The lowest BCUT2D eigenvalue weighted by atomic mass is 9.99. The average Bonchev–Trinajstić information content (AvgIpc) is 3.18. The third kappa shape index (κ3) is 6.21. The molecule has 0 saturated heterocycles. The fourth-order valence-corrected chi connectivity index (χ4v) is 4.39. The van der Waals surface area contributed by atoms with E-state index in [1.807, 2.05) is 19.1 Å². The molecule has 0 unspecified atom stereocenters. The Morgan fingerprint density at radius 2 is 1.30 bits per heavy atom. The molecule has 1 aliphatic heterocycles. The molecule has 1 heterocycles. The molecule has 190 valence electrons. The molecule has 3 amide bonds.